The van der Waals surface area contributed by atoms with Gasteiger partial charge in [0.1, 0.15) is 5.37 Å². The number of esters is 1. The molecule has 1 N–H and O–H groups in total. The van der Waals surface area contributed by atoms with Crippen molar-refractivity contribution in [3.63, 3.8) is 0 Å². The van der Waals surface area contributed by atoms with E-state index >= 15 is 0 Å². The molecule has 0 bridgehead atoms. The number of nitrogens with one attached hydrogen (secondary N) is 1. The van der Waals surface area contributed by atoms with Gasteiger partial charge in [0.2, 0.25) is 5.91 Å². The first-order valence-corrected chi connectivity index (χ1v) is 12.2. The van der Waals surface area contributed by atoms with Crippen LogP contribution in [-0.4, -0.2) is 41.6 Å². The van der Waals surface area contributed by atoms with Gasteiger partial charge >= 0.3 is 5.97 Å². The van der Waals surface area contributed by atoms with Crippen LogP contribution in [0.4, 0.5) is 5.69 Å². The Kier molecular flexibility index (Phi) is 7.65. The van der Waals surface area contributed by atoms with Crippen molar-refractivity contribution in [1.82, 2.24) is 4.90 Å². The Morgan fingerprint density at radius 1 is 1.00 bits per heavy atom. The predicted molar refractivity (Wildman–Crippen MR) is 134 cm³/mol. The molecule has 1 aliphatic rings. The number of amides is 2. The number of ether oxygens (including phenoxy) is 1. The van der Waals surface area contributed by atoms with Gasteiger partial charge in [0.15, 0.2) is 0 Å². The van der Waals surface area contributed by atoms with Crippen LogP contribution >= 0.6 is 11.8 Å². The van der Waals surface area contributed by atoms with Crippen molar-refractivity contribution in [2.75, 3.05) is 24.2 Å². The van der Waals surface area contributed by atoms with Crippen molar-refractivity contribution < 1.29 is 19.1 Å². The summed E-state index contributed by atoms with van der Waals surface area (Å²) in [6.45, 7) is 2.69. The van der Waals surface area contributed by atoms with E-state index in [4.69, 9.17) is 4.74 Å². The largest absolute Gasteiger partial charge is 0.462 e. The first kappa shape index (κ1) is 23.6. The average molecular weight is 475 g/mol. The molecule has 0 aromatic heterocycles. The minimum atomic E-state index is -0.427. The smallest absolute Gasteiger partial charge is 0.338 e. The fraction of sp³-hybridized carbons (Fsp3) is 0.222. The number of thioether (sulfide) groups is 1. The number of carbonyl (C=O) groups is 3. The van der Waals surface area contributed by atoms with Crippen molar-refractivity contribution in [3.05, 3.63) is 101 Å². The van der Waals surface area contributed by atoms with Crippen LogP contribution in [0, 0.1) is 0 Å². The lowest BCUT2D eigenvalue weighted by Crippen LogP contribution is -2.30. The molecule has 1 aliphatic heterocycles. The van der Waals surface area contributed by atoms with Crippen molar-refractivity contribution in [2.24, 2.45) is 0 Å². The molecule has 6 nitrogen and oxygen atoms in total. The Labute approximate surface area is 203 Å². The number of hydrogen-bond acceptors (Lipinski definition) is 5. The summed E-state index contributed by atoms with van der Waals surface area (Å²) in [5.74, 6) is -0.111. The monoisotopic (exact) mass is 474 g/mol. The lowest BCUT2D eigenvalue weighted by molar-refractivity contribution is -0.128. The summed E-state index contributed by atoms with van der Waals surface area (Å²) >= 11 is 1.60. The Hall–Kier alpha value is -3.58. The van der Waals surface area contributed by atoms with Gasteiger partial charge in [0, 0.05) is 17.8 Å². The highest BCUT2D eigenvalue weighted by Gasteiger charge is 2.32. The molecule has 1 fully saturated rings. The molecule has 1 heterocycles. The van der Waals surface area contributed by atoms with E-state index in [1.165, 1.54) is 5.56 Å². The van der Waals surface area contributed by atoms with Crippen LogP contribution in [0.25, 0.3) is 0 Å². The third kappa shape index (κ3) is 5.66. The maximum atomic E-state index is 12.7. The summed E-state index contributed by atoms with van der Waals surface area (Å²) in [4.78, 5) is 39.1. The number of carbonyl (C=O) groups excluding carboxylic acids is 3. The highest BCUT2D eigenvalue weighted by atomic mass is 32.2. The molecule has 1 saturated heterocycles. The molecule has 0 aliphatic carbocycles. The molecule has 0 unspecified atom stereocenters. The SMILES string of the molecule is CCOC(=O)c1cccc(NC(=O)c2ccc([C@@H]3SCC(=O)N3CCc3ccccc3)cc2)c1. The van der Waals surface area contributed by atoms with E-state index in [2.05, 4.69) is 17.4 Å². The van der Waals surface area contributed by atoms with Crippen LogP contribution in [0.1, 0.15) is 44.1 Å². The highest BCUT2D eigenvalue weighted by molar-refractivity contribution is 8.00. The zero-order chi connectivity index (χ0) is 23.9. The fourth-order valence-corrected chi connectivity index (χ4v) is 5.03. The van der Waals surface area contributed by atoms with Crippen LogP contribution in [0.2, 0.25) is 0 Å². The van der Waals surface area contributed by atoms with E-state index in [1.54, 1.807) is 55.1 Å². The quantitative estimate of drug-likeness (QED) is 0.469. The Bertz CT molecular complexity index is 1160. The highest BCUT2D eigenvalue weighted by Crippen LogP contribution is 2.38. The van der Waals surface area contributed by atoms with Gasteiger partial charge in [-0.2, -0.15) is 0 Å². The first-order chi connectivity index (χ1) is 16.5. The van der Waals surface area contributed by atoms with Gasteiger partial charge < -0.3 is 15.0 Å². The van der Waals surface area contributed by atoms with Gasteiger partial charge in [-0.3, -0.25) is 9.59 Å². The zero-order valence-electron chi connectivity index (χ0n) is 18.9. The van der Waals surface area contributed by atoms with E-state index in [1.807, 2.05) is 35.2 Å². The van der Waals surface area contributed by atoms with Crippen molar-refractivity contribution >= 4 is 35.2 Å². The third-order valence-electron chi connectivity index (χ3n) is 5.54. The zero-order valence-corrected chi connectivity index (χ0v) is 19.7. The summed E-state index contributed by atoms with van der Waals surface area (Å²) in [6.07, 6.45) is 0.801. The lowest BCUT2D eigenvalue weighted by atomic mass is 10.1. The van der Waals surface area contributed by atoms with Gasteiger partial charge in [0.25, 0.3) is 5.91 Å². The Morgan fingerprint density at radius 3 is 2.50 bits per heavy atom. The molecule has 0 radical (unpaired) electrons. The lowest BCUT2D eigenvalue weighted by Gasteiger charge is -2.24. The van der Waals surface area contributed by atoms with Crippen LogP contribution < -0.4 is 5.32 Å². The summed E-state index contributed by atoms with van der Waals surface area (Å²) in [5, 5.41) is 2.76. The van der Waals surface area contributed by atoms with Gasteiger partial charge in [0.05, 0.1) is 17.9 Å². The predicted octanol–water partition coefficient (Wildman–Crippen LogP) is 4.93. The second-order valence-corrected chi connectivity index (χ2v) is 8.93. The van der Waals surface area contributed by atoms with Crippen LogP contribution in [-0.2, 0) is 16.0 Å². The maximum Gasteiger partial charge on any atom is 0.338 e. The minimum Gasteiger partial charge on any atom is -0.462 e. The molecule has 0 spiro atoms. The van der Waals surface area contributed by atoms with E-state index in [-0.39, 0.29) is 23.8 Å². The molecule has 4 rings (SSSR count). The molecule has 174 valence electrons. The topological polar surface area (TPSA) is 75.7 Å². The number of rotatable bonds is 8. The maximum absolute atomic E-state index is 12.7. The normalized spacial score (nSPS) is 15.3. The number of benzene rings is 3. The molecule has 2 amide bonds. The van der Waals surface area contributed by atoms with Gasteiger partial charge in [-0.25, -0.2) is 4.79 Å². The van der Waals surface area contributed by atoms with Crippen LogP contribution in [0.15, 0.2) is 78.9 Å². The van der Waals surface area contributed by atoms with Crippen LogP contribution in [0.5, 0.6) is 0 Å². The molecule has 34 heavy (non-hydrogen) atoms. The molecular formula is C27H26N2O4S. The fourth-order valence-electron chi connectivity index (χ4n) is 3.81. The number of nitrogens with zero attached hydrogens (tertiary/aromatic N) is 1. The minimum absolute atomic E-state index is 0.0606. The van der Waals surface area contributed by atoms with Crippen molar-refractivity contribution in [1.29, 1.82) is 0 Å². The second kappa shape index (κ2) is 11.0. The molecule has 1 atom stereocenters. The summed E-state index contributed by atoms with van der Waals surface area (Å²) in [7, 11) is 0. The first-order valence-electron chi connectivity index (χ1n) is 11.2. The third-order valence-corrected chi connectivity index (χ3v) is 6.80. The van der Waals surface area contributed by atoms with Gasteiger partial charge in [-0.05, 0) is 54.8 Å². The van der Waals surface area contributed by atoms with Crippen molar-refractivity contribution in [3.8, 4) is 0 Å². The summed E-state index contributed by atoms with van der Waals surface area (Å²) < 4.78 is 5.01. The number of hydrogen-bond donors (Lipinski definition) is 1. The molecule has 3 aromatic rings. The van der Waals surface area contributed by atoms with Crippen molar-refractivity contribution in [2.45, 2.75) is 18.7 Å². The van der Waals surface area contributed by atoms with Gasteiger partial charge in [-0.15, -0.1) is 11.8 Å². The molecule has 3 aromatic carbocycles. The number of anilines is 1. The molecule has 0 saturated carbocycles. The Morgan fingerprint density at radius 2 is 1.76 bits per heavy atom. The van der Waals surface area contributed by atoms with Crippen LogP contribution in [0.3, 0.4) is 0 Å². The van der Waals surface area contributed by atoms with E-state index in [9.17, 15) is 14.4 Å². The van der Waals surface area contributed by atoms with Gasteiger partial charge in [-0.1, -0.05) is 48.5 Å². The second-order valence-electron chi connectivity index (χ2n) is 7.86. The van der Waals surface area contributed by atoms with E-state index in [0.717, 1.165) is 12.0 Å². The summed E-state index contributed by atoms with van der Waals surface area (Å²) in [5.41, 5.74) is 3.59. The molecule has 7 heteroatoms. The van der Waals surface area contributed by atoms with E-state index in [0.29, 0.717) is 29.1 Å². The average Bonchev–Trinajstić information content (AvgIpc) is 3.24. The summed E-state index contributed by atoms with van der Waals surface area (Å²) in [6, 6.07) is 24.1. The molecular weight excluding hydrogens is 448 g/mol. The van der Waals surface area contributed by atoms with E-state index < -0.39 is 5.97 Å². The standard InChI is InChI=1S/C27H26N2O4S/c1-2-33-27(32)22-9-6-10-23(17-22)28-25(31)20-11-13-21(14-12-20)26-29(24(30)18-34-26)16-15-19-7-4-3-5-8-19/h3-14,17,26H,2,15-16,18H2,1H3,(H,28,31)/t26-/m0/s1. The Balaban J connectivity index is 1.41.